The van der Waals surface area contributed by atoms with E-state index in [0.29, 0.717) is 12.1 Å². The molecule has 0 aromatic heterocycles. The van der Waals surface area contributed by atoms with Gasteiger partial charge in [0.25, 0.3) is 5.91 Å². The maximum atomic E-state index is 12.2. The summed E-state index contributed by atoms with van der Waals surface area (Å²) in [6.07, 6.45) is 0.158. The van der Waals surface area contributed by atoms with E-state index in [2.05, 4.69) is 5.32 Å². The Morgan fingerprint density at radius 2 is 1.65 bits per heavy atom. The SMILES string of the molecule is CC(C)Oc1ccc(CNC(=O)c2ccc(N(C)C)cc2)cc1. The maximum Gasteiger partial charge on any atom is 0.251 e. The number of hydrogen-bond acceptors (Lipinski definition) is 3. The zero-order chi connectivity index (χ0) is 16.8. The van der Waals surface area contributed by atoms with Gasteiger partial charge in [-0.3, -0.25) is 4.79 Å². The number of rotatable bonds is 6. The van der Waals surface area contributed by atoms with Crippen LogP contribution in [0.15, 0.2) is 48.5 Å². The Balaban J connectivity index is 1.91. The Labute approximate surface area is 138 Å². The molecule has 0 aliphatic heterocycles. The smallest absolute Gasteiger partial charge is 0.251 e. The van der Waals surface area contributed by atoms with Crippen LogP contribution in [-0.4, -0.2) is 26.1 Å². The number of nitrogens with zero attached hydrogens (tertiary/aromatic N) is 1. The largest absolute Gasteiger partial charge is 0.491 e. The second-order valence-electron chi connectivity index (χ2n) is 5.93. The monoisotopic (exact) mass is 312 g/mol. The molecule has 0 spiro atoms. The summed E-state index contributed by atoms with van der Waals surface area (Å²) in [5.74, 6) is 0.771. The van der Waals surface area contributed by atoms with Gasteiger partial charge < -0.3 is 15.0 Å². The zero-order valence-electron chi connectivity index (χ0n) is 14.2. The Bertz CT molecular complexity index is 631. The van der Waals surface area contributed by atoms with Crippen LogP contribution < -0.4 is 15.0 Å². The van der Waals surface area contributed by atoms with Crippen molar-refractivity contribution < 1.29 is 9.53 Å². The molecule has 0 unspecified atom stereocenters. The van der Waals surface area contributed by atoms with E-state index in [1.807, 2.05) is 81.4 Å². The summed E-state index contributed by atoms with van der Waals surface area (Å²) in [6, 6.07) is 15.3. The van der Waals surface area contributed by atoms with Crippen LogP contribution in [0.1, 0.15) is 29.8 Å². The van der Waals surface area contributed by atoms with Crippen LogP contribution in [0.4, 0.5) is 5.69 Å². The Morgan fingerprint density at radius 3 is 2.17 bits per heavy atom. The molecule has 0 aliphatic rings. The number of nitrogens with one attached hydrogen (secondary N) is 1. The van der Waals surface area contributed by atoms with Crippen molar-refractivity contribution in [3.63, 3.8) is 0 Å². The van der Waals surface area contributed by atoms with Gasteiger partial charge in [-0.05, 0) is 55.8 Å². The average molecular weight is 312 g/mol. The molecular weight excluding hydrogens is 288 g/mol. The van der Waals surface area contributed by atoms with Crippen molar-refractivity contribution in [3.8, 4) is 5.75 Å². The molecule has 1 N–H and O–H groups in total. The number of carbonyl (C=O) groups excluding carboxylic acids is 1. The minimum Gasteiger partial charge on any atom is -0.491 e. The highest BCUT2D eigenvalue weighted by Gasteiger charge is 2.06. The van der Waals surface area contributed by atoms with Crippen LogP contribution in [0.3, 0.4) is 0 Å². The number of ether oxygens (including phenoxy) is 1. The summed E-state index contributed by atoms with van der Waals surface area (Å²) in [6.45, 7) is 4.49. The van der Waals surface area contributed by atoms with Crippen molar-refractivity contribution >= 4 is 11.6 Å². The number of carbonyl (C=O) groups is 1. The molecule has 0 bridgehead atoms. The van der Waals surface area contributed by atoms with Crippen molar-refractivity contribution in [3.05, 3.63) is 59.7 Å². The van der Waals surface area contributed by atoms with Gasteiger partial charge in [0.05, 0.1) is 6.10 Å². The fourth-order valence-electron chi connectivity index (χ4n) is 2.15. The number of anilines is 1. The predicted octanol–water partition coefficient (Wildman–Crippen LogP) is 3.47. The standard InChI is InChI=1S/C19H24N2O2/c1-14(2)23-18-11-5-15(6-12-18)13-20-19(22)16-7-9-17(10-8-16)21(3)4/h5-12,14H,13H2,1-4H3,(H,20,22). The molecule has 23 heavy (non-hydrogen) atoms. The molecule has 2 aromatic carbocycles. The molecule has 0 saturated heterocycles. The zero-order valence-corrected chi connectivity index (χ0v) is 14.2. The highest BCUT2D eigenvalue weighted by molar-refractivity contribution is 5.94. The lowest BCUT2D eigenvalue weighted by Gasteiger charge is -2.13. The van der Waals surface area contributed by atoms with Gasteiger partial charge in [-0.1, -0.05) is 12.1 Å². The van der Waals surface area contributed by atoms with Crippen LogP contribution in [0, 0.1) is 0 Å². The van der Waals surface area contributed by atoms with Crippen molar-refractivity contribution in [1.29, 1.82) is 0 Å². The van der Waals surface area contributed by atoms with Crippen LogP contribution >= 0.6 is 0 Å². The van der Waals surface area contributed by atoms with E-state index >= 15 is 0 Å². The molecule has 0 saturated carbocycles. The summed E-state index contributed by atoms with van der Waals surface area (Å²) in [7, 11) is 3.95. The molecule has 4 nitrogen and oxygen atoms in total. The molecule has 122 valence electrons. The first-order chi connectivity index (χ1) is 11.0. The van der Waals surface area contributed by atoms with Gasteiger partial charge in [-0.2, -0.15) is 0 Å². The highest BCUT2D eigenvalue weighted by atomic mass is 16.5. The Morgan fingerprint density at radius 1 is 1.04 bits per heavy atom. The average Bonchev–Trinajstić information content (AvgIpc) is 2.53. The van der Waals surface area contributed by atoms with Gasteiger partial charge in [0.1, 0.15) is 5.75 Å². The minimum absolute atomic E-state index is 0.0715. The molecule has 0 radical (unpaired) electrons. The lowest BCUT2D eigenvalue weighted by molar-refractivity contribution is 0.0951. The van der Waals surface area contributed by atoms with Crippen molar-refractivity contribution in [2.75, 3.05) is 19.0 Å². The van der Waals surface area contributed by atoms with Gasteiger partial charge in [0, 0.05) is 31.9 Å². The molecule has 2 aromatic rings. The fraction of sp³-hybridized carbons (Fsp3) is 0.316. The van der Waals surface area contributed by atoms with E-state index in [1.54, 1.807) is 0 Å². The van der Waals surface area contributed by atoms with Crippen molar-refractivity contribution in [2.24, 2.45) is 0 Å². The lowest BCUT2D eigenvalue weighted by Crippen LogP contribution is -2.22. The van der Waals surface area contributed by atoms with Crippen LogP contribution in [0.5, 0.6) is 5.75 Å². The third kappa shape index (κ3) is 5.02. The first-order valence-corrected chi connectivity index (χ1v) is 7.77. The molecule has 4 heteroatoms. The van der Waals surface area contributed by atoms with Crippen molar-refractivity contribution in [2.45, 2.75) is 26.5 Å². The van der Waals surface area contributed by atoms with E-state index in [1.165, 1.54) is 0 Å². The summed E-state index contributed by atoms with van der Waals surface area (Å²) in [5.41, 5.74) is 2.78. The van der Waals surface area contributed by atoms with Crippen LogP contribution in [0.25, 0.3) is 0 Å². The number of amides is 1. The second kappa shape index (κ2) is 7.68. The summed E-state index contributed by atoms with van der Waals surface area (Å²) >= 11 is 0. The summed E-state index contributed by atoms with van der Waals surface area (Å²) in [5, 5.41) is 2.93. The van der Waals surface area contributed by atoms with Crippen LogP contribution in [0.2, 0.25) is 0 Å². The van der Waals surface area contributed by atoms with Crippen molar-refractivity contribution in [1.82, 2.24) is 5.32 Å². The number of benzene rings is 2. The topological polar surface area (TPSA) is 41.6 Å². The first kappa shape index (κ1) is 16.9. The predicted molar refractivity (Wildman–Crippen MR) is 94.1 cm³/mol. The minimum atomic E-state index is -0.0715. The Kier molecular flexibility index (Phi) is 5.63. The van der Waals surface area contributed by atoms with E-state index in [4.69, 9.17) is 4.74 Å². The van der Waals surface area contributed by atoms with Gasteiger partial charge in [0.2, 0.25) is 0 Å². The van der Waals surface area contributed by atoms with Gasteiger partial charge >= 0.3 is 0 Å². The van der Waals surface area contributed by atoms with Gasteiger partial charge in [0.15, 0.2) is 0 Å². The second-order valence-corrected chi connectivity index (χ2v) is 5.93. The molecule has 0 fully saturated rings. The van der Waals surface area contributed by atoms with Gasteiger partial charge in [-0.25, -0.2) is 0 Å². The molecule has 0 atom stereocenters. The number of hydrogen-bond donors (Lipinski definition) is 1. The van der Waals surface area contributed by atoms with E-state index < -0.39 is 0 Å². The van der Waals surface area contributed by atoms with Gasteiger partial charge in [-0.15, -0.1) is 0 Å². The van der Waals surface area contributed by atoms with E-state index in [9.17, 15) is 4.79 Å². The van der Waals surface area contributed by atoms with E-state index in [-0.39, 0.29) is 12.0 Å². The fourth-order valence-corrected chi connectivity index (χ4v) is 2.15. The molecule has 0 aliphatic carbocycles. The molecule has 1 amide bonds. The Hall–Kier alpha value is -2.49. The molecule has 0 heterocycles. The van der Waals surface area contributed by atoms with Crippen LogP contribution in [-0.2, 0) is 6.54 Å². The normalized spacial score (nSPS) is 10.5. The maximum absolute atomic E-state index is 12.2. The molecule has 2 rings (SSSR count). The summed E-state index contributed by atoms with van der Waals surface area (Å²) < 4.78 is 5.60. The van der Waals surface area contributed by atoms with E-state index in [0.717, 1.165) is 17.0 Å². The first-order valence-electron chi connectivity index (χ1n) is 7.77. The third-order valence-corrected chi connectivity index (χ3v) is 3.39. The molecular formula is C19H24N2O2. The quantitative estimate of drug-likeness (QED) is 0.888. The summed E-state index contributed by atoms with van der Waals surface area (Å²) in [4.78, 5) is 14.2. The lowest BCUT2D eigenvalue weighted by atomic mass is 10.1. The highest BCUT2D eigenvalue weighted by Crippen LogP contribution is 2.14. The third-order valence-electron chi connectivity index (χ3n) is 3.39.